The molecule has 2 N–H and O–H groups in total. The number of aliphatic hydroxyl groups excluding tert-OH is 1. The SMILES string of the molecule is C[C@H]1C/C=C/[C@H](O)[C@@H]2CC[C@H]2CN2C[C@@]3(CCCC4=CC(Cl)=CCC43)COc3ccc(cc32)C(=O)NS(=O)(=O)[C@@H]1CC1CC1. The fourth-order valence-corrected chi connectivity index (χ4v) is 10.6. The Labute approximate surface area is 266 Å². The van der Waals surface area contributed by atoms with E-state index in [1.807, 2.05) is 31.2 Å². The van der Waals surface area contributed by atoms with E-state index in [9.17, 15) is 18.3 Å². The Hall–Kier alpha value is -2.29. The highest BCUT2D eigenvalue weighted by Crippen LogP contribution is 2.52. The van der Waals surface area contributed by atoms with Crippen LogP contribution in [0.3, 0.4) is 0 Å². The number of hydrogen-bond acceptors (Lipinski definition) is 6. The maximum absolute atomic E-state index is 13.7. The number of nitrogens with zero attached hydrogens (tertiary/aromatic N) is 1. The molecule has 1 spiro atoms. The van der Waals surface area contributed by atoms with Gasteiger partial charge >= 0.3 is 0 Å². The molecule has 1 amide bonds. The van der Waals surface area contributed by atoms with Gasteiger partial charge in [-0.3, -0.25) is 4.79 Å². The number of rotatable bonds is 2. The molecule has 0 radical (unpaired) electrons. The Kier molecular flexibility index (Phi) is 8.15. The quantitative estimate of drug-likeness (QED) is 0.367. The van der Waals surface area contributed by atoms with Crippen LogP contribution in [0.5, 0.6) is 5.75 Å². The number of carbonyl (C=O) groups is 1. The normalized spacial score (nSPS) is 37.6. The molecule has 7 atom stereocenters. The highest BCUT2D eigenvalue weighted by Gasteiger charge is 2.48. The lowest BCUT2D eigenvalue weighted by Gasteiger charge is -2.49. The van der Waals surface area contributed by atoms with Crippen LogP contribution in [-0.4, -0.2) is 50.5 Å². The smallest absolute Gasteiger partial charge is 0.264 e. The molecule has 1 unspecified atom stereocenters. The molecular formula is C35H45ClN2O5S. The zero-order valence-electron chi connectivity index (χ0n) is 25.6. The largest absolute Gasteiger partial charge is 0.491 e. The summed E-state index contributed by atoms with van der Waals surface area (Å²) < 4.78 is 36.5. The molecule has 4 aliphatic carbocycles. The van der Waals surface area contributed by atoms with E-state index in [-0.39, 0.29) is 17.3 Å². The maximum Gasteiger partial charge on any atom is 0.264 e. The summed E-state index contributed by atoms with van der Waals surface area (Å²) in [6, 6.07) is 5.35. The van der Waals surface area contributed by atoms with Crippen LogP contribution in [0.1, 0.15) is 81.5 Å². The van der Waals surface area contributed by atoms with Gasteiger partial charge in [0, 0.05) is 29.1 Å². The number of benzene rings is 1. The highest BCUT2D eigenvalue weighted by molar-refractivity contribution is 7.90. The molecule has 7 nitrogen and oxygen atoms in total. The average molecular weight is 641 g/mol. The van der Waals surface area contributed by atoms with Crippen molar-refractivity contribution in [2.45, 2.75) is 82.5 Å². The molecule has 0 aromatic heterocycles. The molecule has 1 aromatic rings. The summed E-state index contributed by atoms with van der Waals surface area (Å²) in [5, 5.41) is 11.4. The molecule has 6 aliphatic rings. The summed E-state index contributed by atoms with van der Waals surface area (Å²) in [4.78, 5) is 16.0. The second-order valence-electron chi connectivity index (χ2n) is 14.5. The van der Waals surface area contributed by atoms with Crippen LogP contribution in [0.4, 0.5) is 5.69 Å². The van der Waals surface area contributed by atoms with Crippen molar-refractivity contribution >= 4 is 33.2 Å². The molecule has 3 fully saturated rings. The molecule has 1 aromatic carbocycles. The molecule has 0 saturated heterocycles. The number of fused-ring (bicyclic) bond motifs is 4. The Morgan fingerprint density at radius 1 is 1.18 bits per heavy atom. The summed E-state index contributed by atoms with van der Waals surface area (Å²) in [5.41, 5.74) is 2.44. The van der Waals surface area contributed by atoms with Crippen LogP contribution in [0.15, 0.2) is 53.1 Å². The van der Waals surface area contributed by atoms with Gasteiger partial charge in [0.1, 0.15) is 5.75 Å². The van der Waals surface area contributed by atoms with Gasteiger partial charge in [0.05, 0.1) is 23.6 Å². The fourth-order valence-electron chi connectivity index (χ4n) is 8.60. The van der Waals surface area contributed by atoms with Crippen molar-refractivity contribution < 1.29 is 23.1 Å². The Balaban J connectivity index is 1.26. The number of halogens is 1. The molecule has 44 heavy (non-hydrogen) atoms. The first-order valence-electron chi connectivity index (χ1n) is 16.6. The number of amides is 1. The average Bonchev–Trinajstić information content (AvgIpc) is 3.81. The molecule has 9 heteroatoms. The fraction of sp³-hybridized carbons (Fsp3) is 0.629. The number of anilines is 1. The van der Waals surface area contributed by atoms with Crippen LogP contribution in [0.25, 0.3) is 0 Å². The number of ether oxygens (including phenoxy) is 1. The molecule has 2 aliphatic heterocycles. The second kappa shape index (κ2) is 11.8. The Bertz CT molecular complexity index is 1500. The Morgan fingerprint density at radius 2 is 2.02 bits per heavy atom. The van der Waals surface area contributed by atoms with Crippen LogP contribution in [0, 0.1) is 35.0 Å². The molecule has 238 valence electrons. The monoisotopic (exact) mass is 640 g/mol. The summed E-state index contributed by atoms with van der Waals surface area (Å²) >= 11 is 6.45. The third kappa shape index (κ3) is 5.87. The molecule has 2 bridgehead atoms. The lowest BCUT2D eigenvalue weighted by molar-refractivity contribution is 0.0414. The van der Waals surface area contributed by atoms with E-state index < -0.39 is 27.3 Å². The lowest BCUT2D eigenvalue weighted by atomic mass is 9.61. The second-order valence-corrected chi connectivity index (χ2v) is 16.8. The first-order valence-corrected chi connectivity index (χ1v) is 18.5. The zero-order chi connectivity index (χ0) is 30.6. The van der Waals surface area contributed by atoms with Crippen LogP contribution in [-0.2, 0) is 10.0 Å². The van der Waals surface area contributed by atoms with E-state index in [1.165, 1.54) is 5.57 Å². The van der Waals surface area contributed by atoms with E-state index >= 15 is 0 Å². The van der Waals surface area contributed by atoms with Crippen molar-refractivity contribution in [3.8, 4) is 5.75 Å². The molecule has 3 saturated carbocycles. The maximum atomic E-state index is 13.7. The van der Waals surface area contributed by atoms with Crippen LogP contribution < -0.4 is 14.4 Å². The van der Waals surface area contributed by atoms with Crippen molar-refractivity contribution in [2.75, 3.05) is 24.6 Å². The van der Waals surface area contributed by atoms with Crippen molar-refractivity contribution in [3.05, 3.63) is 58.7 Å². The number of aliphatic hydroxyl groups is 1. The van der Waals surface area contributed by atoms with E-state index in [2.05, 4.69) is 21.8 Å². The molecular weight excluding hydrogens is 596 g/mol. The zero-order valence-corrected chi connectivity index (χ0v) is 27.2. The van der Waals surface area contributed by atoms with Crippen LogP contribution >= 0.6 is 11.6 Å². The third-order valence-electron chi connectivity index (χ3n) is 11.5. The van der Waals surface area contributed by atoms with Gasteiger partial charge in [0.25, 0.3) is 5.91 Å². The topological polar surface area (TPSA) is 95.9 Å². The van der Waals surface area contributed by atoms with Gasteiger partial charge in [0.2, 0.25) is 10.0 Å². The first-order chi connectivity index (χ1) is 21.1. The van der Waals surface area contributed by atoms with Gasteiger partial charge in [-0.15, -0.1) is 0 Å². The first kappa shape index (κ1) is 30.4. The third-order valence-corrected chi connectivity index (χ3v) is 13.7. The molecule has 2 heterocycles. The van der Waals surface area contributed by atoms with Crippen molar-refractivity contribution in [1.29, 1.82) is 0 Å². The summed E-state index contributed by atoms with van der Waals surface area (Å²) in [6.45, 7) is 4.04. The van der Waals surface area contributed by atoms with Gasteiger partial charge in [-0.05, 0) is 105 Å². The van der Waals surface area contributed by atoms with Crippen LogP contribution in [0.2, 0.25) is 0 Å². The van der Waals surface area contributed by atoms with E-state index in [4.69, 9.17) is 16.3 Å². The molecule has 7 rings (SSSR count). The predicted octanol–water partition coefficient (Wildman–Crippen LogP) is 6.34. The number of nitrogens with one attached hydrogen (secondary N) is 1. The summed E-state index contributed by atoms with van der Waals surface area (Å²) in [7, 11) is -3.92. The van der Waals surface area contributed by atoms with Crippen molar-refractivity contribution in [3.63, 3.8) is 0 Å². The van der Waals surface area contributed by atoms with Gasteiger partial charge in [-0.1, -0.05) is 55.2 Å². The van der Waals surface area contributed by atoms with E-state index in [0.29, 0.717) is 42.8 Å². The number of allylic oxidation sites excluding steroid dienone is 5. The number of sulfonamides is 1. The summed E-state index contributed by atoms with van der Waals surface area (Å²) in [6.07, 6.45) is 16.8. The van der Waals surface area contributed by atoms with Gasteiger partial charge in [-0.25, -0.2) is 13.1 Å². The minimum absolute atomic E-state index is 0.117. The van der Waals surface area contributed by atoms with Gasteiger partial charge in [0.15, 0.2) is 0 Å². The van der Waals surface area contributed by atoms with Crippen molar-refractivity contribution in [1.82, 2.24) is 4.72 Å². The van der Waals surface area contributed by atoms with Crippen molar-refractivity contribution in [2.24, 2.45) is 35.0 Å². The van der Waals surface area contributed by atoms with E-state index in [1.54, 1.807) is 6.07 Å². The number of carbonyl (C=O) groups excluding carboxylic acids is 1. The lowest BCUT2D eigenvalue weighted by Crippen LogP contribution is -2.50. The van der Waals surface area contributed by atoms with E-state index in [0.717, 1.165) is 80.9 Å². The standard InChI is InChI=1S/C35H45ClN2O5S/c1-22-4-2-6-31(39)28-12-9-26(28)19-38-20-35(15-3-5-24-17-27(36)11-13-29(24)35)21-43-32-14-10-25(18-30(32)38)34(40)37-44(41,42)33(22)16-23-7-8-23/h2,6,10-11,14,17-18,22-23,26,28-29,31,33,39H,3-5,7-9,12-13,15-16,19-21H2,1H3,(H,37,40)/b6-2+/t22-,26-,28+,29?,31-,33+,35-/m0/s1. The Morgan fingerprint density at radius 3 is 2.80 bits per heavy atom. The minimum Gasteiger partial charge on any atom is -0.491 e. The summed E-state index contributed by atoms with van der Waals surface area (Å²) in [5.74, 6) is 1.13. The van der Waals surface area contributed by atoms with Gasteiger partial charge in [-0.2, -0.15) is 0 Å². The number of hydrogen-bond donors (Lipinski definition) is 2. The minimum atomic E-state index is -3.92. The highest BCUT2D eigenvalue weighted by atomic mass is 35.5. The predicted molar refractivity (Wildman–Crippen MR) is 173 cm³/mol. The van der Waals surface area contributed by atoms with Gasteiger partial charge < -0.3 is 14.7 Å².